The molecular formula is C24H32N4O3. The molecule has 7 heteroatoms. The Morgan fingerprint density at radius 2 is 1.71 bits per heavy atom. The van der Waals surface area contributed by atoms with E-state index in [1.165, 1.54) is 25.5 Å². The molecule has 0 unspecified atom stereocenters. The normalized spacial score (nSPS) is 15.0. The minimum Gasteiger partial charge on any atom is -0.352 e. The number of aromatic nitrogens is 2. The van der Waals surface area contributed by atoms with Crippen LogP contribution in [0.5, 0.6) is 0 Å². The smallest absolute Gasteiger partial charge is 0.256 e. The van der Waals surface area contributed by atoms with Gasteiger partial charge in [0.1, 0.15) is 11.1 Å². The van der Waals surface area contributed by atoms with Crippen molar-refractivity contribution in [3.8, 4) is 0 Å². The number of hydrogen-bond acceptors (Lipinski definition) is 4. The Labute approximate surface area is 183 Å². The first-order chi connectivity index (χ1) is 15.1. The van der Waals surface area contributed by atoms with Crippen LogP contribution >= 0.6 is 0 Å². The van der Waals surface area contributed by atoms with Gasteiger partial charge in [-0.1, -0.05) is 38.2 Å². The molecule has 1 aliphatic rings. The molecule has 7 nitrogen and oxygen atoms in total. The molecule has 3 rings (SSSR count). The third-order valence-corrected chi connectivity index (χ3v) is 5.70. The van der Waals surface area contributed by atoms with E-state index in [4.69, 9.17) is 0 Å². The lowest BCUT2D eigenvalue weighted by Crippen LogP contribution is -2.40. The Balaban J connectivity index is 1.83. The highest BCUT2D eigenvalue weighted by Crippen LogP contribution is 2.17. The van der Waals surface area contributed by atoms with Crippen molar-refractivity contribution in [1.82, 2.24) is 20.2 Å². The van der Waals surface area contributed by atoms with Gasteiger partial charge in [0.05, 0.1) is 0 Å². The predicted molar refractivity (Wildman–Crippen MR) is 120 cm³/mol. The summed E-state index contributed by atoms with van der Waals surface area (Å²) >= 11 is 0. The topological polar surface area (TPSA) is 93.1 Å². The fraction of sp³-hybridized carbons (Fsp3) is 0.500. The highest BCUT2D eigenvalue weighted by Gasteiger charge is 2.21. The minimum absolute atomic E-state index is 0.00631. The van der Waals surface area contributed by atoms with Gasteiger partial charge in [-0.25, -0.2) is 0 Å². The van der Waals surface area contributed by atoms with Crippen molar-refractivity contribution >= 4 is 11.8 Å². The maximum absolute atomic E-state index is 13.0. The third kappa shape index (κ3) is 6.51. The number of rotatable bonds is 7. The van der Waals surface area contributed by atoms with Crippen molar-refractivity contribution < 1.29 is 9.59 Å². The van der Waals surface area contributed by atoms with Gasteiger partial charge >= 0.3 is 0 Å². The first-order valence-corrected chi connectivity index (χ1v) is 11.3. The number of amides is 2. The number of aryl methyl sites for hydroxylation is 2. The summed E-state index contributed by atoms with van der Waals surface area (Å²) < 4.78 is 1.74. The zero-order valence-corrected chi connectivity index (χ0v) is 18.2. The van der Waals surface area contributed by atoms with Crippen LogP contribution in [0, 0.1) is 0 Å². The van der Waals surface area contributed by atoms with E-state index in [0.717, 1.165) is 31.4 Å². The number of nitrogens with zero attached hydrogens (tertiary/aromatic N) is 2. The van der Waals surface area contributed by atoms with Crippen molar-refractivity contribution in [1.29, 1.82) is 0 Å². The monoisotopic (exact) mass is 424 g/mol. The van der Waals surface area contributed by atoms with Gasteiger partial charge in [-0.15, -0.1) is 0 Å². The van der Waals surface area contributed by atoms with Crippen LogP contribution in [-0.4, -0.2) is 34.0 Å². The van der Waals surface area contributed by atoms with E-state index in [-0.39, 0.29) is 17.2 Å². The molecule has 2 heterocycles. The summed E-state index contributed by atoms with van der Waals surface area (Å²) in [7, 11) is 0. The zero-order valence-electron chi connectivity index (χ0n) is 18.2. The Morgan fingerprint density at radius 1 is 1.03 bits per heavy atom. The van der Waals surface area contributed by atoms with Gasteiger partial charge in [0.25, 0.3) is 11.8 Å². The van der Waals surface area contributed by atoms with Crippen molar-refractivity contribution in [2.45, 2.75) is 70.9 Å². The molecule has 1 aliphatic carbocycles. The lowest BCUT2D eigenvalue weighted by Gasteiger charge is -2.21. The molecule has 0 spiro atoms. The van der Waals surface area contributed by atoms with Crippen LogP contribution in [0.15, 0.2) is 41.6 Å². The summed E-state index contributed by atoms with van der Waals surface area (Å²) in [6.07, 6.45) is 13.1. The van der Waals surface area contributed by atoms with Crippen molar-refractivity contribution in [2.24, 2.45) is 0 Å². The molecule has 0 saturated heterocycles. The van der Waals surface area contributed by atoms with Gasteiger partial charge in [-0.05, 0) is 31.9 Å². The number of pyridine rings is 2. The highest BCUT2D eigenvalue weighted by molar-refractivity contribution is 5.99. The summed E-state index contributed by atoms with van der Waals surface area (Å²) in [6, 6.07) is 5.77. The minimum atomic E-state index is -0.525. The van der Waals surface area contributed by atoms with E-state index in [9.17, 15) is 14.4 Å². The zero-order chi connectivity index (χ0) is 22.1. The number of nitrogens with one attached hydrogen (secondary N) is 2. The number of carbonyl (C=O) groups is 2. The molecule has 1 saturated carbocycles. The van der Waals surface area contributed by atoms with Gasteiger partial charge in [0.2, 0.25) is 5.43 Å². The second kappa shape index (κ2) is 11.4. The summed E-state index contributed by atoms with van der Waals surface area (Å²) in [6.45, 7) is 2.71. The number of hydrogen-bond donors (Lipinski definition) is 2. The van der Waals surface area contributed by atoms with Crippen LogP contribution < -0.4 is 16.1 Å². The first-order valence-electron chi connectivity index (χ1n) is 11.3. The lowest BCUT2D eigenvalue weighted by molar-refractivity contribution is 0.0928. The summed E-state index contributed by atoms with van der Waals surface area (Å²) in [5, 5.41) is 5.72. The molecule has 2 aromatic heterocycles. The van der Waals surface area contributed by atoms with Crippen LogP contribution in [0.4, 0.5) is 0 Å². The van der Waals surface area contributed by atoms with Gasteiger partial charge in [-0.2, -0.15) is 0 Å². The summed E-state index contributed by atoms with van der Waals surface area (Å²) in [4.78, 5) is 42.8. The Bertz CT molecular complexity index is 932. The molecule has 2 N–H and O–H groups in total. The SMILES string of the molecule is CCNC(=O)c1cn(CCc2ccccn2)cc(C(=O)NC2CCCCCCC2)c1=O. The molecule has 2 amide bonds. The van der Waals surface area contributed by atoms with Crippen molar-refractivity contribution in [3.63, 3.8) is 0 Å². The molecule has 0 atom stereocenters. The molecule has 0 aliphatic heterocycles. The highest BCUT2D eigenvalue weighted by atomic mass is 16.2. The Kier molecular flexibility index (Phi) is 8.38. The lowest BCUT2D eigenvalue weighted by atomic mass is 9.96. The second-order valence-corrected chi connectivity index (χ2v) is 8.10. The maximum Gasteiger partial charge on any atom is 0.256 e. The van der Waals surface area contributed by atoms with Gasteiger partial charge < -0.3 is 15.2 Å². The van der Waals surface area contributed by atoms with Crippen molar-refractivity contribution in [2.75, 3.05) is 6.54 Å². The van der Waals surface area contributed by atoms with E-state index in [1.807, 2.05) is 18.2 Å². The molecule has 2 aromatic rings. The Morgan fingerprint density at radius 3 is 2.35 bits per heavy atom. The molecule has 1 fully saturated rings. The predicted octanol–water partition coefficient (Wildman–Crippen LogP) is 3.08. The van der Waals surface area contributed by atoms with Crippen LogP contribution in [0.3, 0.4) is 0 Å². The molecule has 31 heavy (non-hydrogen) atoms. The van der Waals surface area contributed by atoms with E-state index in [2.05, 4.69) is 15.6 Å². The van der Waals surface area contributed by atoms with E-state index in [0.29, 0.717) is 19.5 Å². The molecular weight excluding hydrogens is 392 g/mol. The second-order valence-electron chi connectivity index (χ2n) is 8.10. The third-order valence-electron chi connectivity index (χ3n) is 5.70. The quantitative estimate of drug-likeness (QED) is 0.714. The Hall–Kier alpha value is -2.96. The summed E-state index contributed by atoms with van der Waals surface area (Å²) in [5.74, 6) is -0.854. The fourth-order valence-corrected chi connectivity index (χ4v) is 3.99. The standard InChI is InChI=1S/C24H32N4O3/c1-2-25-23(30)20-16-28(15-13-18-10-8-9-14-26-18)17-21(22(20)29)24(31)27-19-11-6-4-3-5-7-12-19/h8-10,14,16-17,19H,2-7,11-13,15H2,1H3,(H,25,30)(H,27,31). The number of carbonyl (C=O) groups excluding carboxylic acids is 2. The molecule has 166 valence electrons. The van der Waals surface area contributed by atoms with Gasteiger partial charge in [0, 0.05) is 49.8 Å². The average molecular weight is 425 g/mol. The molecule has 0 aromatic carbocycles. The molecule has 0 bridgehead atoms. The van der Waals surface area contributed by atoms with Gasteiger partial charge in [-0.3, -0.25) is 19.4 Å². The maximum atomic E-state index is 13.0. The van der Waals surface area contributed by atoms with Crippen LogP contribution in [-0.2, 0) is 13.0 Å². The van der Waals surface area contributed by atoms with Crippen molar-refractivity contribution in [3.05, 3.63) is 63.8 Å². The first kappa shape index (κ1) is 22.7. The van der Waals surface area contributed by atoms with Crippen LogP contribution in [0.2, 0.25) is 0 Å². The van der Waals surface area contributed by atoms with E-state index in [1.54, 1.807) is 23.9 Å². The van der Waals surface area contributed by atoms with E-state index >= 15 is 0 Å². The largest absolute Gasteiger partial charge is 0.352 e. The molecule has 0 radical (unpaired) electrons. The summed E-state index contributed by atoms with van der Waals surface area (Å²) in [5.41, 5.74) is 0.393. The van der Waals surface area contributed by atoms with E-state index < -0.39 is 17.2 Å². The fourth-order valence-electron chi connectivity index (χ4n) is 3.99. The van der Waals surface area contributed by atoms with Crippen LogP contribution in [0.25, 0.3) is 0 Å². The van der Waals surface area contributed by atoms with Crippen LogP contribution in [0.1, 0.15) is 78.3 Å². The van der Waals surface area contributed by atoms with Gasteiger partial charge in [0.15, 0.2) is 0 Å². The average Bonchev–Trinajstić information content (AvgIpc) is 2.75.